The molecule has 1 aliphatic carbocycles. The highest BCUT2D eigenvalue weighted by Gasteiger charge is 2.46. The van der Waals surface area contributed by atoms with Gasteiger partial charge in [-0.2, -0.15) is 0 Å². The summed E-state index contributed by atoms with van der Waals surface area (Å²) in [5.41, 5.74) is 21.1. The predicted octanol–water partition coefficient (Wildman–Crippen LogP) is 20.8. The van der Waals surface area contributed by atoms with E-state index in [9.17, 15) is 0 Å². The van der Waals surface area contributed by atoms with Crippen molar-refractivity contribution in [3.05, 3.63) is 288 Å². The van der Waals surface area contributed by atoms with E-state index in [-0.39, 0.29) is 10.8 Å². The second-order valence-electron chi connectivity index (χ2n) is 23.3. The minimum atomic E-state index is -0.388. The number of hydrogen-bond donors (Lipinski definition) is 0. The van der Waals surface area contributed by atoms with E-state index in [0.717, 1.165) is 75.5 Å². The molecule has 0 bridgehead atoms. The van der Waals surface area contributed by atoms with Crippen molar-refractivity contribution in [2.75, 3.05) is 11.5 Å². The van der Waals surface area contributed by atoms with Crippen LogP contribution in [0.5, 0.6) is 5.75 Å². The average Bonchev–Trinajstić information content (AvgIpc) is 4.18. The number of fused-ring (bicyclic) bond motifs is 6. The Morgan fingerprint density at radius 1 is 0.613 bits per heavy atom. The number of anilines is 2. The maximum absolute atomic E-state index is 6.31. The van der Waals surface area contributed by atoms with Gasteiger partial charge in [-0.1, -0.05) is 218 Å². The molecule has 0 radical (unpaired) electrons. The first-order valence-electron chi connectivity index (χ1n) is 28.6. The highest BCUT2D eigenvalue weighted by atomic mass is 16.5. The van der Waals surface area contributed by atoms with Crippen LogP contribution in [0.2, 0.25) is 0 Å². The van der Waals surface area contributed by atoms with Crippen molar-refractivity contribution in [1.29, 1.82) is 0 Å². The van der Waals surface area contributed by atoms with Crippen LogP contribution in [0.4, 0.5) is 11.4 Å². The van der Waals surface area contributed by atoms with Crippen LogP contribution in [-0.4, -0.2) is 11.2 Å². The molecule has 0 aliphatic heterocycles. The minimum absolute atomic E-state index is 0.0330. The van der Waals surface area contributed by atoms with Gasteiger partial charge in [-0.25, -0.2) is 0 Å². The van der Waals surface area contributed by atoms with E-state index in [1.54, 1.807) is 0 Å². The van der Waals surface area contributed by atoms with Crippen LogP contribution in [0, 0.1) is 18.8 Å². The summed E-state index contributed by atoms with van der Waals surface area (Å²) >= 11 is 0. The highest BCUT2D eigenvalue weighted by molar-refractivity contribution is 6.11. The fraction of sp³-hybridized carbons (Fsp3) is 0.195. The Labute approximate surface area is 475 Å². The van der Waals surface area contributed by atoms with E-state index < -0.39 is 0 Å². The van der Waals surface area contributed by atoms with Crippen LogP contribution in [0.1, 0.15) is 99.7 Å². The van der Waals surface area contributed by atoms with Gasteiger partial charge in [0, 0.05) is 38.9 Å². The number of allylic oxidation sites excluding steroid dienone is 4. The molecule has 0 saturated carbocycles. The molecule has 3 nitrogen and oxygen atoms in total. The molecule has 0 spiro atoms. The van der Waals surface area contributed by atoms with Gasteiger partial charge in [0.25, 0.3) is 0 Å². The van der Waals surface area contributed by atoms with Crippen LogP contribution in [0.3, 0.4) is 0 Å². The smallest absolute Gasteiger partial charge is 0.119 e. The van der Waals surface area contributed by atoms with Gasteiger partial charge in [0.1, 0.15) is 5.75 Å². The number of ether oxygens (including phenoxy) is 1. The van der Waals surface area contributed by atoms with Gasteiger partial charge in [-0.3, -0.25) is 0 Å². The molecule has 0 saturated heterocycles. The summed E-state index contributed by atoms with van der Waals surface area (Å²) in [5.74, 6) is 1.78. The second-order valence-corrected chi connectivity index (χ2v) is 23.3. The van der Waals surface area contributed by atoms with Crippen molar-refractivity contribution in [3.63, 3.8) is 0 Å². The first kappa shape index (κ1) is 53.3. The third-order valence-electron chi connectivity index (χ3n) is 16.7. The molecule has 3 unspecified atom stereocenters. The average molecular weight is 1040 g/mol. The van der Waals surface area contributed by atoms with Crippen LogP contribution >= 0.6 is 0 Å². The molecule has 10 aromatic rings. The normalized spacial score (nSPS) is 15.0. The molecule has 1 aromatic heterocycles. The Kier molecular flexibility index (Phi) is 15.1. The fourth-order valence-electron chi connectivity index (χ4n) is 12.2. The Bertz CT molecular complexity index is 3910. The largest absolute Gasteiger partial charge is 0.493 e. The molecule has 3 heteroatoms. The van der Waals surface area contributed by atoms with Gasteiger partial charge >= 0.3 is 0 Å². The number of hydrogen-bond acceptors (Lipinski definition) is 2. The van der Waals surface area contributed by atoms with Gasteiger partial charge in [-0.15, -0.1) is 0 Å². The predicted molar refractivity (Wildman–Crippen MR) is 343 cm³/mol. The minimum Gasteiger partial charge on any atom is -0.493 e. The maximum atomic E-state index is 6.31. The van der Waals surface area contributed by atoms with Crippen molar-refractivity contribution in [2.45, 2.75) is 78.6 Å². The first-order chi connectivity index (χ1) is 38.8. The van der Waals surface area contributed by atoms with E-state index in [1.165, 1.54) is 60.8 Å². The van der Waals surface area contributed by atoms with Gasteiger partial charge in [0.05, 0.1) is 17.6 Å². The Morgan fingerprint density at radius 3 is 1.95 bits per heavy atom. The second kappa shape index (κ2) is 22.6. The monoisotopic (exact) mass is 1040 g/mol. The molecule has 1 heterocycles. The van der Waals surface area contributed by atoms with Gasteiger partial charge in [0.2, 0.25) is 0 Å². The van der Waals surface area contributed by atoms with Crippen molar-refractivity contribution in [3.8, 4) is 33.7 Å². The molecule has 11 rings (SSSR count). The molecule has 1 aliphatic rings. The van der Waals surface area contributed by atoms with Gasteiger partial charge in [-0.05, 0) is 184 Å². The van der Waals surface area contributed by atoms with Crippen LogP contribution < -0.4 is 9.64 Å². The van der Waals surface area contributed by atoms with Crippen molar-refractivity contribution in [1.82, 2.24) is 4.57 Å². The summed E-state index contributed by atoms with van der Waals surface area (Å²) in [6.07, 6.45) is 11.7. The molecule has 9 aromatic carbocycles. The molecule has 3 atom stereocenters. The molecular weight excluding hydrogens is 969 g/mol. The lowest BCUT2D eigenvalue weighted by Crippen LogP contribution is -2.30. The van der Waals surface area contributed by atoms with E-state index in [2.05, 4.69) is 295 Å². The lowest BCUT2D eigenvalue weighted by Gasteiger charge is -2.37. The first-order valence-corrected chi connectivity index (χ1v) is 28.6. The van der Waals surface area contributed by atoms with Crippen LogP contribution in [0.25, 0.3) is 61.4 Å². The Balaban J connectivity index is 0.961. The summed E-state index contributed by atoms with van der Waals surface area (Å²) < 4.78 is 8.69. The number of aromatic nitrogens is 1. The summed E-state index contributed by atoms with van der Waals surface area (Å²) in [6, 6.07) is 78.2. The van der Waals surface area contributed by atoms with Crippen LogP contribution in [-0.2, 0) is 10.8 Å². The third-order valence-corrected chi connectivity index (χ3v) is 16.7. The van der Waals surface area contributed by atoms with Crippen molar-refractivity contribution >= 4 is 44.8 Å². The van der Waals surface area contributed by atoms with Gasteiger partial charge < -0.3 is 14.2 Å². The van der Waals surface area contributed by atoms with E-state index in [4.69, 9.17) is 11.3 Å². The Morgan fingerprint density at radius 2 is 1.25 bits per heavy atom. The Hall–Kier alpha value is -8.66. The molecule has 80 heavy (non-hydrogen) atoms. The lowest BCUT2D eigenvalue weighted by atomic mass is 9.66. The van der Waals surface area contributed by atoms with E-state index in [1.807, 2.05) is 6.08 Å². The summed E-state index contributed by atoms with van der Waals surface area (Å²) in [6.45, 7) is 25.4. The summed E-state index contributed by atoms with van der Waals surface area (Å²) in [7, 11) is 0. The zero-order chi connectivity index (χ0) is 55.5. The third kappa shape index (κ3) is 10.5. The lowest BCUT2D eigenvalue weighted by molar-refractivity contribution is 0.240. The molecule has 0 N–H and O–H groups in total. The van der Waals surface area contributed by atoms with Crippen molar-refractivity contribution in [2.24, 2.45) is 11.8 Å². The van der Waals surface area contributed by atoms with E-state index >= 15 is 0 Å². The highest BCUT2D eigenvalue weighted by Crippen LogP contribution is 2.57. The molecular formula is C77H74N2O. The topological polar surface area (TPSA) is 17.4 Å². The standard InChI is InChI=1S/C77H74N2O/c1-10-57-31-33-58(34-32-57)60-36-47-75-71(49-60)70-48-59(35-46-74(70)79(75)65-22-16-13-17-23-65)56(6)30-41-63(11-2)78(64-20-14-12-15-21-64)66-42-45-69-68-24-18-19-25-72(68)77(73(69)50-66,62-39-37-61(38-40-62)76(7,8)9)51-54(4)26-27-55(5)52-80-67-43-28-53(3)29-44-67/h10-25,28-50,54-55H,1,6,26-27,51-52H2,2-5,7-9H3/b41-30-,63-11+. The summed E-state index contributed by atoms with van der Waals surface area (Å²) in [4.78, 5) is 2.42. The van der Waals surface area contributed by atoms with Crippen LogP contribution in [0.15, 0.2) is 249 Å². The molecule has 0 amide bonds. The number of aryl methyl sites for hydroxylation is 1. The number of para-hydroxylation sites is 2. The van der Waals surface area contributed by atoms with Crippen molar-refractivity contribution < 1.29 is 4.74 Å². The fourth-order valence-corrected chi connectivity index (χ4v) is 12.2. The number of nitrogens with zero attached hydrogens (tertiary/aromatic N) is 2. The SMILES string of the molecule is C=Cc1ccc(-c2ccc3c(c2)c2cc(C(=C)/C=C\C(=C/C)N(c4ccccc4)c4ccc5c(c4)C(CC(C)CCC(C)COc4ccc(C)cc4)(c4ccc(C(C)(C)C)cc4)c4ccccc4-5)ccc2n3-c2ccccc2)cc1. The number of benzene rings is 9. The maximum Gasteiger partial charge on any atom is 0.119 e. The zero-order valence-corrected chi connectivity index (χ0v) is 47.7. The number of rotatable bonds is 18. The van der Waals surface area contributed by atoms with Gasteiger partial charge in [0.15, 0.2) is 0 Å². The van der Waals surface area contributed by atoms with E-state index in [0.29, 0.717) is 18.4 Å². The summed E-state index contributed by atoms with van der Waals surface area (Å²) in [5, 5.41) is 2.38. The molecule has 0 fully saturated rings. The molecule has 398 valence electrons. The zero-order valence-electron chi connectivity index (χ0n) is 47.7. The quantitative estimate of drug-likeness (QED) is 0.0797.